The van der Waals surface area contributed by atoms with Gasteiger partial charge in [0.25, 0.3) is 0 Å². The van der Waals surface area contributed by atoms with E-state index in [1.165, 1.54) is 6.07 Å². The van der Waals surface area contributed by atoms with E-state index in [9.17, 15) is 14.8 Å². The Kier molecular flexibility index (Phi) is 5.42. The first-order valence-electron chi connectivity index (χ1n) is 11.0. The molecule has 0 unspecified atom stereocenters. The first-order chi connectivity index (χ1) is 16.4. The first-order valence-corrected chi connectivity index (χ1v) is 11.0. The molecule has 5 rings (SSSR count). The summed E-state index contributed by atoms with van der Waals surface area (Å²) in [6.45, 7) is 6.64. The van der Waals surface area contributed by atoms with Gasteiger partial charge in [-0.25, -0.2) is 14.4 Å². The van der Waals surface area contributed by atoms with Crippen molar-refractivity contribution in [2.24, 2.45) is 0 Å². The minimum absolute atomic E-state index is 0.213. The Balaban J connectivity index is 1.56. The van der Waals surface area contributed by atoms with Gasteiger partial charge in [-0.15, -0.1) is 0 Å². The molecule has 34 heavy (non-hydrogen) atoms. The maximum Gasteiger partial charge on any atom is 0.208 e. The Labute approximate surface area is 195 Å². The second-order valence-electron chi connectivity index (χ2n) is 8.46. The zero-order valence-electron chi connectivity index (χ0n) is 19.1. The van der Waals surface area contributed by atoms with Crippen molar-refractivity contribution in [3.8, 4) is 22.9 Å². The van der Waals surface area contributed by atoms with E-state index in [1.54, 1.807) is 34.5 Å². The molecule has 1 aliphatic heterocycles. The van der Waals surface area contributed by atoms with Crippen LogP contribution >= 0.6 is 0 Å². The SMILES string of the molecule is Cc1nn(C[C@H](C)O)c(C)c1-c1cnc(NCc2c(F)ccc3c2CCO3)n2cc(C#N)nc12. The molecule has 4 aromatic rings. The number of aliphatic hydroxyl groups is 1. The zero-order chi connectivity index (χ0) is 24.0. The molecular weight excluding hydrogens is 437 g/mol. The third-order valence-electron chi connectivity index (χ3n) is 6.06. The largest absolute Gasteiger partial charge is 0.493 e. The number of anilines is 1. The molecule has 9 nitrogen and oxygen atoms in total. The summed E-state index contributed by atoms with van der Waals surface area (Å²) < 4.78 is 23.6. The third-order valence-corrected chi connectivity index (χ3v) is 6.06. The molecule has 0 saturated carbocycles. The van der Waals surface area contributed by atoms with Gasteiger partial charge in [0.2, 0.25) is 5.95 Å². The minimum Gasteiger partial charge on any atom is -0.493 e. The van der Waals surface area contributed by atoms with Crippen LogP contribution in [0, 0.1) is 31.0 Å². The number of nitrogens with one attached hydrogen (secondary N) is 1. The number of aliphatic hydroxyl groups excluding tert-OH is 1. The van der Waals surface area contributed by atoms with E-state index in [2.05, 4.69) is 26.5 Å². The van der Waals surface area contributed by atoms with E-state index in [0.29, 0.717) is 42.5 Å². The number of nitrogens with zero attached hydrogens (tertiary/aromatic N) is 6. The lowest BCUT2D eigenvalue weighted by molar-refractivity contribution is 0.167. The maximum absolute atomic E-state index is 14.6. The molecule has 1 aliphatic rings. The van der Waals surface area contributed by atoms with Crippen molar-refractivity contribution in [1.82, 2.24) is 24.1 Å². The number of imidazole rings is 1. The van der Waals surface area contributed by atoms with Crippen LogP contribution < -0.4 is 10.1 Å². The lowest BCUT2D eigenvalue weighted by Crippen LogP contribution is -2.14. The molecule has 0 saturated heterocycles. The van der Waals surface area contributed by atoms with Crippen molar-refractivity contribution in [2.45, 2.75) is 46.4 Å². The second kappa shape index (κ2) is 8.43. The monoisotopic (exact) mass is 461 g/mol. The van der Waals surface area contributed by atoms with Crippen molar-refractivity contribution in [2.75, 3.05) is 11.9 Å². The van der Waals surface area contributed by atoms with Crippen molar-refractivity contribution in [3.05, 3.63) is 58.6 Å². The maximum atomic E-state index is 14.6. The number of hydrogen-bond donors (Lipinski definition) is 2. The summed E-state index contributed by atoms with van der Waals surface area (Å²) in [5.74, 6) is 0.848. The summed E-state index contributed by atoms with van der Waals surface area (Å²) >= 11 is 0. The predicted molar refractivity (Wildman–Crippen MR) is 123 cm³/mol. The van der Waals surface area contributed by atoms with Gasteiger partial charge in [0.1, 0.15) is 17.6 Å². The fourth-order valence-corrected chi connectivity index (χ4v) is 4.53. The Hall–Kier alpha value is -3.97. The van der Waals surface area contributed by atoms with Gasteiger partial charge in [-0.2, -0.15) is 10.4 Å². The summed E-state index contributed by atoms with van der Waals surface area (Å²) in [4.78, 5) is 9.08. The summed E-state index contributed by atoms with van der Waals surface area (Å²) in [6.07, 6.45) is 3.40. The highest BCUT2D eigenvalue weighted by Crippen LogP contribution is 2.33. The molecule has 0 spiro atoms. The first kappa shape index (κ1) is 21.9. The predicted octanol–water partition coefficient (Wildman–Crippen LogP) is 3.15. The van der Waals surface area contributed by atoms with Crippen molar-refractivity contribution < 1.29 is 14.2 Å². The van der Waals surface area contributed by atoms with Gasteiger partial charge >= 0.3 is 0 Å². The Bertz CT molecular complexity index is 1450. The van der Waals surface area contributed by atoms with Crippen LogP contribution in [0.25, 0.3) is 16.8 Å². The van der Waals surface area contributed by atoms with Crippen LogP contribution in [0.15, 0.2) is 24.5 Å². The molecule has 0 fully saturated rings. The Morgan fingerprint density at radius 2 is 2.18 bits per heavy atom. The van der Waals surface area contributed by atoms with Crippen LogP contribution in [0.1, 0.15) is 35.1 Å². The van der Waals surface area contributed by atoms with Crippen molar-refractivity contribution >= 4 is 11.6 Å². The number of aromatic nitrogens is 5. The van der Waals surface area contributed by atoms with Crippen LogP contribution in [0.3, 0.4) is 0 Å². The zero-order valence-corrected chi connectivity index (χ0v) is 19.1. The average molecular weight is 462 g/mol. The van der Waals surface area contributed by atoms with Gasteiger partial charge in [-0.1, -0.05) is 0 Å². The number of rotatable bonds is 6. The molecule has 2 N–H and O–H groups in total. The summed E-state index contributed by atoms with van der Waals surface area (Å²) in [5, 5.41) is 27.0. The van der Waals surface area contributed by atoms with Gasteiger partial charge in [0.15, 0.2) is 11.3 Å². The minimum atomic E-state index is -0.544. The molecule has 0 bridgehead atoms. The third kappa shape index (κ3) is 3.64. The number of fused-ring (bicyclic) bond motifs is 2. The summed E-state index contributed by atoms with van der Waals surface area (Å²) in [5.41, 5.74) is 5.39. The molecule has 1 atom stereocenters. The lowest BCUT2D eigenvalue weighted by Gasteiger charge is -2.13. The highest BCUT2D eigenvalue weighted by Gasteiger charge is 2.22. The smallest absolute Gasteiger partial charge is 0.208 e. The molecule has 0 radical (unpaired) electrons. The summed E-state index contributed by atoms with van der Waals surface area (Å²) in [6, 6.07) is 5.15. The number of benzene rings is 1. The molecule has 0 amide bonds. The molecule has 0 aliphatic carbocycles. The van der Waals surface area contributed by atoms with Gasteiger partial charge in [-0.3, -0.25) is 9.08 Å². The standard InChI is InChI=1S/C24H24FN7O2/c1-13(33)11-32-15(3)22(14(2)30-32)19-10-28-24(31-12-16(8-26)29-23(19)31)27-9-18-17-6-7-34-21(17)5-4-20(18)25/h4-5,10,12-13,33H,6-7,9,11H2,1-3H3,(H,27,28)/t13-/m0/s1. The quantitative estimate of drug-likeness (QED) is 0.453. The number of nitriles is 1. The van der Waals surface area contributed by atoms with Crippen LogP contribution in [0.4, 0.5) is 10.3 Å². The van der Waals surface area contributed by atoms with Crippen LogP contribution in [-0.2, 0) is 19.5 Å². The fraction of sp³-hybridized carbons (Fsp3) is 0.333. The van der Waals surface area contributed by atoms with E-state index >= 15 is 0 Å². The van der Waals surface area contributed by atoms with Gasteiger partial charge in [0.05, 0.1) is 31.1 Å². The van der Waals surface area contributed by atoms with E-state index in [0.717, 1.165) is 28.1 Å². The van der Waals surface area contributed by atoms with Crippen LogP contribution in [-0.4, -0.2) is 42.0 Å². The fourth-order valence-electron chi connectivity index (χ4n) is 4.53. The molecule has 1 aromatic carbocycles. The normalized spacial score (nSPS) is 13.5. The van der Waals surface area contributed by atoms with Crippen LogP contribution in [0.2, 0.25) is 0 Å². The molecule has 10 heteroatoms. The topological polar surface area (TPSA) is 113 Å². The van der Waals surface area contributed by atoms with E-state index in [4.69, 9.17) is 4.74 Å². The lowest BCUT2D eigenvalue weighted by atomic mass is 10.0. The van der Waals surface area contributed by atoms with E-state index in [1.807, 2.05) is 13.8 Å². The average Bonchev–Trinajstić information content (AvgIpc) is 3.51. The van der Waals surface area contributed by atoms with Gasteiger partial charge < -0.3 is 15.2 Å². The number of aryl methyl sites for hydroxylation is 1. The van der Waals surface area contributed by atoms with E-state index in [-0.39, 0.29) is 18.1 Å². The second-order valence-corrected chi connectivity index (χ2v) is 8.46. The van der Waals surface area contributed by atoms with E-state index < -0.39 is 6.10 Å². The van der Waals surface area contributed by atoms with Crippen molar-refractivity contribution in [3.63, 3.8) is 0 Å². The molecule has 174 valence electrons. The Morgan fingerprint density at radius 3 is 2.94 bits per heavy atom. The number of halogens is 1. The summed E-state index contributed by atoms with van der Waals surface area (Å²) in [7, 11) is 0. The molecule has 4 heterocycles. The van der Waals surface area contributed by atoms with Crippen molar-refractivity contribution in [1.29, 1.82) is 5.26 Å². The Morgan fingerprint density at radius 1 is 1.35 bits per heavy atom. The van der Waals surface area contributed by atoms with Gasteiger partial charge in [-0.05, 0) is 32.9 Å². The highest BCUT2D eigenvalue weighted by molar-refractivity contribution is 5.81. The van der Waals surface area contributed by atoms with Crippen LogP contribution in [0.5, 0.6) is 5.75 Å². The van der Waals surface area contributed by atoms with Gasteiger partial charge in [0, 0.05) is 47.1 Å². The molecule has 3 aromatic heterocycles. The number of hydrogen-bond acceptors (Lipinski definition) is 7. The highest BCUT2D eigenvalue weighted by atomic mass is 19.1. The molecular formula is C24H24FN7O2. The number of ether oxygens (including phenoxy) is 1.